The fraction of sp³-hybridized carbons (Fsp3) is 0.261. The van der Waals surface area contributed by atoms with Gasteiger partial charge in [0.15, 0.2) is 0 Å². The molecule has 1 aliphatic heterocycles. The first-order valence-electron chi connectivity index (χ1n) is 10.1. The van der Waals surface area contributed by atoms with Crippen LogP contribution in [0.4, 0.5) is 5.82 Å². The molecule has 0 atom stereocenters. The maximum atomic E-state index is 4.71. The highest BCUT2D eigenvalue weighted by Gasteiger charge is 2.19. The molecule has 0 aliphatic carbocycles. The van der Waals surface area contributed by atoms with Crippen LogP contribution in [0.25, 0.3) is 17.0 Å². The third-order valence-electron chi connectivity index (χ3n) is 5.46. The number of benzene rings is 2. The second kappa shape index (κ2) is 8.01. The highest BCUT2D eigenvalue weighted by molar-refractivity contribution is 5.65. The van der Waals surface area contributed by atoms with E-state index in [-0.39, 0.29) is 0 Å². The summed E-state index contributed by atoms with van der Waals surface area (Å²) in [5.74, 6) is 1.71. The zero-order chi connectivity index (χ0) is 19.5. The van der Waals surface area contributed by atoms with E-state index < -0.39 is 0 Å². The highest BCUT2D eigenvalue weighted by Crippen LogP contribution is 2.24. The maximum Gasteiger partial charge on any atom is 0.254 e. The Hall–Kier alpha value is -3.25. The predicted octanol–water partition coefficient (Wildman–Crippen LogP) is 3.50. The summed E-state index contributed by atoms with van der Waals surface area (Å²) < 4.78 is 1.86. The molecular weight excluding hydrogens is 360 g/mol. The fourth-order valence-corrected chi connectivity index (χ4v) is 3.98. The van der Waals surface area contributed by atoms with E-state index in [9.17, 15) is 0 Å². The third-order valence-corrected chi connectivity index (χ3v) is 5.46. The van der Waals surface area contributed by atoms with Gasteiger partial charge in [-0.2, -0.15) is 14.6 Å². The number of nitrogens with zero attached hydrogens (tertiary/aromatic N) is 6. The van der Waals surface area contributed by atoms with E-state index in [0.717, 1.165) is 56.2 Å². The monoisotopic (exact) mass is 384 g/mol. The summed E-state index contributed by atoms with van der Waals surface area (Å²) in [5, 5.41) is 4.43. The van der Waals surface area contributed by atoms with Gasteiger partial charge in [0.05, 0.1) is 5.69 Å². The molecule has 0 saturated carbocycles. The van der Waals surface area contributed by atoms with Crippen molar-refractivity contribution < 1.29 is 0 Å². The topological polar surface area (TPSA) is 49.6 Å². The summed E-state index contributed by atoms with van der Waals surface area (Å²) in [7, 11) is 0. The molecule has 5 rings (SSSR count). The first-order chi connectivity index (χ1) is 14.4. The van der Waals surface area contributed by atoms with Crippen LogP contribution < -0.4 is 4.90 Å². The summed E-state index contributed by atoms with van der Waals surface area (Å²) in [5.41, 5.74) is 3.40. The zero-order valence-corrected chi connectivity index (χ0v) is 16.4. The molecule has 0 N–H and O–H groups in total. The molecule has 0 bridgehead atoms. The van der Waals surface area contributed by atoms with Crippen LogP contribution in [0.1, 0.15) is 12.0 Å². The molecule has 4 aromatic rings. The smallest absolute Gasteiger partial charge is 0.254 e. The Labute approximate surface area is 170 Å². The van der Waals surface area contributed by atoms with Crippen molar-refractivity contribution in [1.29, 1.82) is 0 Å². The Balaban J connectivity index is 1.41. The van der Waals surface area contributed by atoms with Gasteiger partial charge in [0, 0.05) is 44.4 Å². The first kappa shape index (κ1) is 17.8. The Bertz CT molecular complexity index is 1080. The van der Waals surface area contributed by atoms with Crippen LogP contribution in [0, 0.1) is 0 Å². The minimum atomic E-state index is 0.645. The molecule has 1 saturated heterocycles. The second-order valence-electron chi connectivity index (χ2n) is 7.44. The number of fused-ring (bicyclic) bond motifs is 1. The molecule has 0 radical (unpaired) electrons. The first-order valence-corrected chi connectivity index (χ1v) is 10.1. The van der Waals surface area contributed by atoms with E-state index in [1.165, 1.54) is 5.56 Å². The van der Waals surface area contributed by atoms with Gasteiger partial charge < -0.3 is 4.90 Å². The van der Waals surface area contributed by atoms with Crippen molar-refractivity contribution >= 4 is 11.6 Å². The standard InChI is InChI=1S/C23H24N6/c1-3-8-19(9-4-1)17-27-12-7-13-28(15-14-27)22-16-21(20-10-5-2-6-11-20)26-23-24-18-25-29(22)23/h1-6,8-11,16,18H,7,12-15,17H2. The average molecular weight is 384 g/mol. The van der Waals surface area contributed by atoms with Gasteiger partial charge >= 0.3 is 0 Å². The molecule has 3 heterocycles. The Kier molecular flexibility index (Phi) is 4.92. The summed E-state index contributed by atoms with van der Waals surface area (Å²) in [4.78, 5) is 14.0. The van der Waals surface area contributed by atoms with E-state index in [2.05, 4.69) is 68.4 Å². The minimum absolute atomic E-state index is 0.645. The molecule has 2 aromatic heterocycles. The molecule has 0 unspecified atom stereocenters. The molecule has 0 amide bonds. The summed E-state index contributed by atoms with van der Waals surface area (Å²) in [6, 6.07) is 23.1. The van der Waals surface area contributed by atoms with Crippen LogP contribution in [0.5, 0.6) is 0 Å². The quantitative estimate of drug-likeness (QED) is 0.539. The van der Waals surface area contributed by atoms with Crippen molar-refractivity contribution in [3.63, 3.8) is 0 Å². The van der Waals surface area contributed by atoms with E-state index in [1.807, 2.05) is 22.7 Å². The Morgan fingerprint density at radius 1 is 0.828 bits per heavy atom. The van der Waals surface area contributed by atoms with Crippen LogP contribution >= 0.6 is 0 Å². The Morgan fingerprint density at radius 3 is 2.45 bits per heavy atom. The van der Waals surface area contributed by atoms with Crippen LogP contribution in [-0.2, 0) is 6.54 Å². The number of hydrogen-bond donors (Lipinski definition) is 0. The zero-order valence-electron chi connectivity index (χ0n) is 16.4. The number of hydrogen-bond acceptors (Lipinski definition) is 5. The van der Waals surface area contributed by atoms with Gasteiger partial charge in [-0.05, 0) is 12.0 Å². The van der Waals surface area contributed by atoms with Crippen LogP contribution in [-0.4, -0.2) is 50.7 Å². The summed E-state index contributed by atoms with van der Waals surface area (Å²) in [6.07, 6.45) is 2.70. The van der Waals surface area contributed by atoms with Crippen molar-refractivity contribution in [1.82, 2.24) is 24.5 Å². The van der Waals surface area contributed by atoms with Crippen molar-refractivity contribution in [2.75, 3.05) is 31.1 Å². The van der Waals surface area contributed by atoms with Crippen LogP contribution in [0.2, 0.25) is 0 Å². The van der Waals surface area contributed by atoms with Gasteiger partial charge in [0.25, 0.3) is 5.78 Å². The van der Waals surface area contributed by atoms with E-state index in [0.29, 0.717) is 5.78 Å². The molecule has 1 fully saturated rings. The largest absolute Gasteiger partial charge is 0.355 e. The molecule has 0 spiro atoms. The fourth-order valence-electron chi connectivity index (χ4n) is 3.98. The number of aromatic nitrogens is 4. The number of anilines is 1. The van der Waals surface area contributed by atoms with Gasteiger partial charge in [0.2, 0.25) is 0 Å². The molecule has 1 aliphatic rings. The molecule has 29 heavy (non-hydrogen) atoms. The van der Waals surface area contributed by atoms with E-state index in [1.54, 1.807) is 6.33 Å². The lowest BCUT2D eigenvalue weighted by Gasteiger charge is -2.24. The van der Waals surface area contributed by atoms with Crippen LogP contribution in [0.15, 0.2) is 73.1 Å². The second-order valence-corrected chi connectivity index (χ2v) is 7.44. The molecule has 2 aromatic carbocycles. The van der Waals surface area contributed by atoms with E-state index in [4.69, 9.17) is 4.98 Å². The molecular formula is C23H24N6. The van der Waals surface area contributed by atoms with Gasteiger partial charge in [0.1, 0.15) is 12.1 Å². The van der Waals surface area contributed by atoms with Crippen molar-refractivity contribution in [3.05, 3.63) is 78.6 Å². The lowest BCUT2D eigenvalue weighted by atomic mass is 10.1. The molecule has 6 nitrogen and oxygen atoms in total. The minimum Gasteiger partial charge on any atom is -0.355 e. The van der Waals surface area contributed by atoms with Crippen molar-refractivity contribution in [2.24, 2.45) is 0 Å². The third kappa shape index (κ3) is 3.84. The predicted molar refractivity (Wildman–Crippen MR) is 115 cm³/mol. The molecule has 6 heteroatoms. The maximum absolute atomic E-state index is 4.71. The van der Waals surface area contributed by atoms with E-state index >= 15 is 0 Å². The summed E-state index contributed by atoms with van der Waals surface area (Å²) in [6.45, 7) is 5.08. The molecule has 146 valence electrons. The van der Waals surface area contributed by atoms with Gasteiger partial charge in [-0.25, -0.2) is 4.98 Å². The van der Waals surface area contributed by atoms with Crippen molar-refractivity contribution in [2.45, 2.75) is 13.0 Å². The lowest BCUT2D eigenvalue weighted by Crippen LogP contribution is -2.31. The normalized spacial score (nSPS) is 15.5. The van der Waals surface area contributed by atoms with Gasteiger partial charge in [-0.1, -0.05) is 60.7 Å². The number of rotatable bonds is 4. The SMILES string of the molecule is c1ccc(CN2CCCN(c3cc(-c4ccccc4)nc4ncnn34)CC2)cc1. The van der Waals surface area contributed by atoms with Crippen molar-refractivity contribution in [3.8, 4) is 11.3 Å². The average Bonchev–Trinajstić information content (AvgIpc) is 3.14. The van der Waals surface area contributed by atoms with Crippen LogP contribution in [0.3, 0.4) is 0 Å². The van der Waals surface area contributed by atoms with Gasteiger partial charge in [-0.15, -0.1) is 0 Å². The summed E-state index contributed by atoms with van der Waals surface area (Å²) >= 11 is 0. The lowest BCUT2D eigenvalue weighted by molar-refractivity contribution is 0.285. The van der Waals surface area contributed by atoms with Gasteiger partial charge in [-0.3, -0.25) is 4.90 Å². The Morgan fingerprint density at radius 2 is 1.62 bits per heavy atom. The highest BCUT2D eigenvalue weighted by atomic mass is 15.4.